The molecule has 1 aliphatic heterocycles. The largest absolute Gasteiger partial charge is 0.481 e. The van der Waals surface area contributed by atoms with Crippen LogP contribution in [0, 0.1) is 0 Å². The molecule has 1 amide bonds. The SMILES string of the molecule is CC(C)(CC(=O)O)NC(=O)c1cc2c(s1)CCSC2. The first-order valence-electron chi connectivity index (χ1n) is 6.11. The first kappa shape index (κ1) is 14.4. The van der Waals surface area contributed by atoms with E-state index in [0.717, 1.165) is 17.9 Å². The zero-order valence-electron chi connectivity index (χ0n) is 11.0. The Morgan fingerprint density at radius 3 is 2.84 bits per heavy atom. The van der Waals surface area contributed by atoms with Gasteiger partial charge in [-0.2, -0.15) is 11.8 Å². The Morgan fingerprint density at radius 2 is 2.21 bits per heavy atom. The minimum absolute atomic E-state index is 0.0836. The van der Waals surface area contributed by atoms with E-state index in [4.69, 9.17) is 5.11 Å². The van der Waals surface area contributed by atoms with Gasteiger partial charge in [0.2, 0.25) is 0 Å². The summed E-state index contributed by atoms with van der Waals surface area (Å²) in [5, 5.41) is 11.6. The fourth-order valence-electron chi connectivity index (χ4n) is 2.05. The number of hydrogen-bond donors (Lipinski definition) is 2. The molecule has 2 N–H and O–H groups in total. The van der Waals surface area contributed by atoms with Gasteiger partial charge in [-0.05, 0) is 37.7 Å². The van der Waals surface area contributed by atoms with Gasteiger partial charge in [0.15, 0.2) is 0 Å². The average Bonchev–Trinajstić information content (AvgIpc) is 2.69. The molecule has 0 atom stereocenters. The van der Waals surface area contributed by atoms with E-state index in [1.165, 1.54) is 21.8 Å². The van der Waals surface area contributed by atoms with Gasteiger partial charge in [0.25, 0.3) is 5.91 Å². The molecule has 6 heteroatoms. The van der Waals surface area contributed by atoms with E-state index < -0.39 is 11.5 Å². The van der Waals surface area contributed by atoms with Gasteiger partial charge >= 0.3 is 5.97 Å². The fourth-order valence-corrected chi connectivity index (χ4v) is 4.32. The predicted octanol–water partition coefficient (Wildman–Crippen LogP) is 2.52. The highest BCUT2D eigenvalue weighted by Gasteiger charge is 2.26. The summed E-state index contributed by atoms with van der Waals surface area (Å²) in [5.41, 5.74) is 0.518. The highest BCUT2D eigenvalue weighted by atomic mass is 32.2. The van der Waals surface area contributed by atoms with Gasteiger partial charge in [-0.1, -0.05) is 0 Å². The molecule has 0 saturated carbocycles. The topological polar surface area (TPSA) is 66.4 Å². The standard InChI is InChI=1S/C13H17NO3S2/c1-13(2,6-11(15)16)14-12(17)10-5-8-7-18-4-3-9(8)19-10/h5H,3-4,6-7H2,1-2H3,(H,14,17)(H,15,16). The van der Waals surface area contributed by atoms with Crippen molar-refractivity contribution in [3.8, 4) is 0 Å². The quantitative estimate of drug-likeness (QED) is 0.896. The molecule has 1 aromatic rings. The van der Waals surface area contributed by atoms with Crippen molar-refractivity contribution in [3.05, 3.63) is 21.4 Å². The lowest BCUT2D eigenvalue weighted by Gasteiger charge is -2.23. The second-order valence-corrected chi connectivity index (χ2v) is 7.51. The number of aliphatic carboxylic acids is 1. The number of amides is 1. The number of fused-ring (bicyclic) bond motifs is 1. The molecular formula is C13H17NO3S2. The summed E-state index contributed by atoms with van der Waals surface area (Å²) in [6.45, 7) is 3.45. The van der Waals surface area contributed by atoms with Crippen molar-refractivity contribution in [2.24, 2.45) is 0 Å². The van der Waals surface area contributed by atoms with Crippen LogP contribution in [0.5, 0.6) is 0 Å². The van der Waals surface area contributed by atoms with E-state index in [1.807, 2.05) is 17.8 Å². The second kappa shape index (κ2) is 5.54. The third-order valence-corrected chi connectivity index (χ3v) is 5.14. The Balaban J connectivity index is 2.07. The normalized spacial score (nSPS) is 14.8. The van der Waals surface area contributed by atoms with Gasteiger partial charge in [0, 0.05) is 16.2 Å². The van der Waals surface area contributed by atoms with Gasteiger partial charge < -0.3 is 10.4 Å². The van der Waals surface area contributed by atoms with E-state index in [2.05, 4.69) is 5.32 Å². The van der Waals surface area contributed by atoms with E-state index in [-0.39, 0.29) is 12.3 Å². The molecule has 104 valence electrons. The molecule has 0 fully saturated rings. The van der Waals surface area contributed by atoms with Crippen LogP contribution in [0.3, 0.4) is 0 Å². The van der Waals surface area contributed by atoms with Gasteiger partial charge in [-0.25, -0.2) is 0 Å². The third kappa shape index (κ3) is 3.73. The lowest BCUT2D eigenvalue weighted by molar-refractivity contribution is -0.138. The molecule has 4 nitrogen and oxygen atoms in total. The molecule has 0 spiro atoms. The van der Waals surface area contributed by atoms with Gasteiger partial charge in [-0.3, -0.25) is 9.59 Å². The Labute approximate surface area is 120 Å². The Kier molecular flexibility index (Phi) is 4.20. The van der Waals surface area contributed by atoms with Crippen molar-refractivity contribution in [1.29, 1.82) is 0 Å². The van der Waals surface area contributed by atoms with Crippen LogP contribution in [0.2, 0.25) is 0 Å². The van der Waals surface area contributed by atoms with Crippen molar-refractivity contribution < 1.29 is 14.7 Å². The minimum atomic E-state index is -0.910. The van der Waals surface area contributed by atoms with E-state index in [1.54, 1.807) is 13.8 Å². The van der Waals surface area contributed by atoms with Crippen molar-refractivity contribution in [2.75, 3.05) is 5.75 Å². The molecule has 19 heavy (non-hydrogen) atoms. The first-order valence-corrected chi connectivity index (χ1v) is 8.08. The number of rotatable bonds is 4. The van der Waals surface area contributed by atoms with Gasteiger partial charge in [0.1, 0.15) is 0 Å². The third-order valence-electron chi connectivity index (χ3n) is 2.90. The second-order valence-electron chi connectivity index (χ2n) is 5.27. The zero-order valence-corrected chi connectivity index (χ0v) is 12.6. The van der Waals surface area contributed by atoms with Crippen LogP contribution in [0.4, 0.5) is 0 Å². The summed E-state index contributed by atoms with van der Waals surface area (Å²) in [6.07, 6.45) is 0.941. The average molecular weight is 299 g/mol. The molecule has 0 aliphatic carbocycles. The number of aryl methyl sites for hydroxylation is 1. The lowest BCUT2D eigenvalue weighted by atomic mass is 10.0. The molecule has 2 rings (SSSR count). The van der Waals surface area contributed by atoms with Gasteiger partial charge in [0.05, 0.1) is 11.3 Å². The monoisotopic (exact) mass is 299 g/mol. The Hall–Kier alpha value is -1.01. The fraction of sp³-hybridized carbons (Fsp3) is 0.538. The van der Waals surface area contributed by atoms with Crippen LogP contribution in [-0.2, 0) is 17.0 Å². The van der Waals surface area contributed by atoms with Crippen LogP contribution in [-0.4, -0.2) is 28.3 Å². The van der Waals surface area contributed by atoms with Crippen molar-refractivity contribution in [1.82, 2.24) is 5.32 Å². The molecule has 1 aromatic heterocycles. The van der Waals surface area contributed by atoms with Crippen molar-refractivity contribution in [2.45, 2.75) is 38.0 Å². The summed E-state index contributed by atoms with van der Waals surface area (Å²) >= 11 is 3.41. The maximum atomic E-state index is 12.2. The maximum Gasteiger partial charge on any atom is 0.305 e. The van der Waals surface area contributed by atoms with Crippen LogP contribution in [0.1, 0.15) is 40.4 Å². The first-order chi connectivity index (χ1) is 8.87. The number of carboxylic acids is 1. The molecule has 0 unspecified atom stereocenters. The highest BCUT2D eigenvalue weighted by molar-refractivity contribution is 7.98. The molecule has 0 saturated heterocycles. The number of carboxylic acid groups (broad SMARTS) is 1. The summed E-state index contributed by atoms with van der Waals surface area (Å²) < 4.78 is 0. The Bertz CT molecular complexity index is 484. The number of thiophene rings is 1. The summed E-state index contributed by atoms with van der Waals surface area (Å²) in [7, 11) is 0. The lowest BCUT2D eigenvalue weighted by Crippen LogP contribution is -2.44. The van der Waals surface area contributed by atoms with Crippen molar-refractivity contribution in [3.63, 3.8) is 0 Å². The van der Waals surface area contributed by atoms with Crippen molar-refractivity contribution >= 4 is 35.0 Å². The number of thioether (sulfide) groups is 1. The van der Waals surface area contributed by atoms with E-state index in [9.17, 15) is 9.59 Å². The van der Waals surface area contributed by atoms with Crippen LogP contribution >= 0.6 is 23.1 Å². The van der Waals surface area contributed by atoms with Crippen LogP contribution in [0.15, 0.2) is 6.07 Å². The van der Waals surface area contributed by atoms with E-state index >= 15 is 0 Å². The van der Waals surface area contributed by atoms with E-state index in [0.29, 0.717) is 4.88 Å². The molecule has 0 radical (unpaired) electrons. The highest BCUT2D eigenvalue weighted by Crippen LogP contribution is 2.31. The number of nitrogens with one attached hydrogen (secondary N) is 1. The predicted molar refractivity (Wildman–Crippen MR) is 78.0 cm³/mol. The summed E-state index contributed by atoms with van der Waals surface area (Å²) in [5.74, 6) is 0.999. The summed E-state index contributed by atoms with van der Waals surface area (Å²) in [6, 6.07) is 1.94. The maximum absolute atomic E-state index is 12.2. The minimum Gasteiger partial charge on any atom is -0.481 e. The van der Waals surface area contributed by atoms with Crippen LogP contribution < -0.4 is 5.32 Å². The zero-order chi connectivity index (χ0) is 14.0. The smallest absolute Gasteiger partial charge is 0.305 e. The Morgan fingerprint density at radius 1 is 1.47 bits per heavy atom. The number of carbonyl (C=O) groups excluding carboxylic acids is 1. The van der Waals surface area contributed by atoms with Gasteiger partial charge in [-0.15, -0.1) is 11.3 Å². The number of carbonyl (C=O) groups is 2. The molecule has 0 bridgehead atoms. The molecule has 0 aromatic carbocycles. The van der Waals surface area contributed by atoms with Crippen LogP contribution in [0.25, 0.3) is 0 Å². The molecular weight excluding hydrogens is 282 g/mol. The number of hydrogen-bond acceptors (Lipinski definition) is 4. The summed E-state index contributed by atoms with van der Waals surface area (Å²) in [4.78, 5) is 24.9. The molecule has 1 aliphatic rings. The molecule has 2 heterocycles.